The van der Waals surface area contributed by atoms with Gasteiger partial charge in [0.05, 0.1) is 17.1 Å². The lowest BCUT2D eigenvalue weighted by Crippen LogP contribution is -2.32. The molecular weight excluding hydrogens is 334 g/mol. The summed E-state index contributed by atoms with van der Waals surface area (Å²) in [4.78, 5) is 26.8. The number of fused-ring (bicyclic) bond motifs is 1. The van der Waals surface area contributed by atoms with Gasteiger partial charge in [-0.1, -0.05) is 40.2 Å². The van der Waals surface area contributed by atoms with Crippen LogP contribution >= 0.6 is 15.9 Å². The molecule has 0 saturated carbocycles. The molecule has 6 heteroatoms. The summed E-state index contributed by atoms with van der Waals surface area (Å²) >= 11 is 3.35. The smallest absolute Gasteiger partial charge is 0.305 e. The highest BCUT2D eigenvalue weighted by Crippen LogP contribution is 2.10. The van der Waals surface area contributed by atoms with Crippen LogP contribution in [0.1, 0.15) is 5.56 Å². The second kappa shape index (κ2) is 5.49. The molecule has 0 atom stereocenters. The zero-order valence-corrected chi connectivity index (χ0v) is 12.4. The molecule has 21 heavy (non-hydrogen) atoms. The monoisotopic (exact) mass is 343 g/mol. The average Bonchev–Trinajstić information content (AvgIpc) is 2.47. The Kier molecular flexibility index (Phi) is 3.53. The third-order valence-corrected chi connectivity index (χ3v) is 3.45. The van der Waals surface area contributed by atoms with Crippen molar-refractivity contribution in [3.63, 3.8) is 0 Å². The van der Waals surface area contributed by atoms with Gasteiger partial charge in [0.25, 0.3) is 5.56 Å². The van der Waals surface area contributed by atoms with Crippen LogP contribution in [0.4, 0.5) is 0 Å². The van der Waals surface area contributed by atoms with Crippen LogP contribution in [0.15, 0.2) is 67.7 Å². The fourth-order valence-electron chi connectivity index (χ4n) is 1.97. The lowest BCUT2D eigenvalue weighted by molar-refractivity contribution is 0.771. The Morgan fingerprint density at radius 3 is 2.71 bits per heavy atom. The van der Waals surface area contributed by atoms with Gasteiger partial charge in [0.15, 0.2) is 0 Å². The van der Waals surface area contributed by atoms with Crippen molar-refractivity contribution in [1.29, 1.82) is 0 Å². The highest BCUT2D eigenvalue weighted by molar-refractivity contribution is 9.10. The molecule has 1 heterocycles. The Hall–Kier alpha value is -2.47. The van der Waals surface area contributed by atoms with E-state index in [1.165, 1.54) is 6.21 Å². The van der Waals surface area contributed by atoms with Crippen LogP contribution in [0.2, 0.25) is 0 Å². The minimum atomic E-state index is -0.565. The number of rotatable bonds is 2. The van der Waals surface area contributed by atoms with Gasteiger partial charge in [0, 0.05) is 4.47 Å². The summed E-state index contributed by atoms with van der Waals surface area (Å²) in [5.41, 5.74) is 0.274. The Morgan fingerprint density at radius 2 is 1.90 bits per heavy atom. The molecule has 0 aliphatic heterocycles. The number of aromatic amines is 1. The van der Waals surface area contributed by atoms with Crippen molar-refractivity contribution in [1.82, 2.24) is 9.66 Å². The second-order valence-corrected chi connectivity index (χ2v) is 5.31. The highest BCUT2D eigenvalue weighted by Gasteiger charge is 2.05. The Balaban J connectivity index is 2.13. The summed E-state index contributed by atoms with van der Waals surface area (Å²) in [6.45, 7) is 0. The van der Waals surface area contributed by atoms with Crippen molar-refractivity contribution >= 4 is 33.0 Å². The van der Waals surface area contributed by atoms with E-state index in [9.17, 15) is 9.59 Å². The number of nitrogens with zero attached hydrogens (tertiary/aromatic N) is 2. The van der Waals surface area contributed by atoms with Gasteiger partial charge in [-0.05, 0) is 29.8 Å². The van der Waals surface area contributed by atoms with Gasteiger partial charge < -0.3 is 4.98 Å². The molecule has 1 aromatic heterocycles. The first-order valence-corrected chi connectivity index (χ1v) is 6.98. The molecule has 0 saturated heterocycles. The summed E-state index contributed by atoms with van der Waals surface area (Å²) < 4.78 is 1.72. The first-order chi connectivity index (χ1) is 10.1. The molecule has 0 amide bonds. The van der Waals surface area contributed by atoms with Crippen LogP contribution in [-0.4, -0.2) is 15.9 Å². The predicted octanol–water partition coefficient (Wildman–Crippen LogP) is 2.33. The maximum atomic E-state index is 12.3. The van der Waals surface area contributed by atoms with Crippen LogP contribution in [0.25, 0.3) is 10.9 Å². The summed E-state index contributed by atoms with van der Waals surface area (Å²) in [5, 5.41) is 4.40. The zero-order valence-electron chi connectivity index (χ0n) is 10.8. The Morgan fingerprint density at radius 1 is 1.10 bits per heavy atom. The first kappa shape index (κ1) is 13.5. The van der Waals surface area contributed by atoms with Crippen LogP contribution in [-0.2, 0) is 0 Å². The van der Waals surface area contributed by atoms with Crippen molar-refractivity contribution in [2.75, 3.05) is 0 Å². The van der Waals surface area contributed by atoms with E-state index < -0.39 is 11.2 Å². The zero-order chi connectivity index (χ0) is 14.8. The number of hydrogen-bond donors (Lipinski definition) is 1. The van der Waals surface area contributed by atoms with E-state index in [4.69, 9.17) is 0 Å². The average molecular weight is 344 g/mol. The van der Waals surface area contributed by atoms with Gasteiger partial charge in [-0.2, -0.15) is 5.10 Å². The summed E-state index contributed by atoms with van der Waals surface area (Å²) in [7, 11) is 0. The summed E-state index contributed by atoms with van der Waals surface area (Å²) in [6, 6.07) is 14.2. The molecule has 2 aromatic carbocycles. The molecule has 0 spiro atoms. The van der Waals surface area contributed by atoms with Gasteiger partial charge in [-0.25, -0.2) is 4.79 Å². The number of aromatic nitrogens is 2. The third kappa shape index (κ3) is 2.71. The van der Waals surface area contributed by atoms with E-state index in [0.717, 1.165) is 14.7 Å². The van der Waals surface area contributed by atoms with Crippen molar-refractivity contribution in [2.45, 2.75) is 0 Å². The fraction of sp³-hybridized carbons (Fsp3) is 0. The maximum absolute atomic E-state index is 12.3. The van der Waals surface area contributed by atoms with Crippen LogP contribution in [0.5, 0.6) is 0 Å². The van der Waals surface area contributed by atoms with E-state index >= 15 is 0 Å². The molecule has 0 aliphatic carbocycles. The molecule has 0 unspecified atom stereocenters. The van der Waals surface area contributed by atoms with Crippen molar-refractivity contribution in [2.24, 2.45) is 5.10 Å². The SMILES string of the molecule is O=c1[nH]c2ccccc2c(=O)n1N=Cc1cccc(Br)c1. The van der Waals surface area contributed by atoms with Crippen LogP contribution < -0.4 is 11.2 Å². The lowest BCUT2D eigenvalue weighted by atomic mass is 10.2. The number of halogens is 1. The Labute approximate surface area is 127 Å². The second-order valence-electron chi connectivity index (χ2n) is 4.39. The first-order valence-electron chi connectivity index (χ1n) is 6.19. The van der Waals surface area contributed by atoms with Crippen LogP contribution in [0, 0.1) is 0 Å². The molecule has 0 radical (unpaired) electrons. The Bertz CT molecular complexity index is 957. The minimum Gasteiger partial charge on any atom is -0.305 e. The lowest BCUT2D eigenvalue weighted by Gasteiger charge is -2.00. The van der Waals surface area contributed by atoms with E-state index in [2.05, 4.69) is 26.0 Å². The number of H-pyrrole nitrogens is 1. The third-order valence-electron chi connectivity index (χ3n) is 2.95. The summed E-state index contributed by atoms with van der Waals surface area (Å²) in [5.74, 6) is 0. The predicted molar refractivity (Wildman–Crippen MR) is 86.0 cm³/mol. The normalized spacial score (nSPS) is 11.3. The molecule has 0 fully saturated rings. The largest absolute Gasteiger partial charge is 0.349 e. The van der Waals surface area contributed by atoms with E-state index in [1.807, 2.05) is 24.3 Å². The van der Waals surface area contributed by atoms with Gasteiger partial charge >= 0.3 is 5.69 Å². The quantitative estimate of drug-likeness (QED) is 0.725. The van der Waals surface area contributed by atoms with Crippen LogP contribution in [0.3, 0.4) is 0 Å². The van der Waals surface area contributed by atoms with Crippen molar-refractivity contribution in [3.05, 3.63) is 79.4 Å². The highest BCUT2D eigenvalue weighted by atomic mass is 79.9. The molecule has 3 rings (SSSR count). The standard InChI is InChI=1S/C15H10BrN3O2/c16-11-5-3-4-10(8-11)9-17-19-14(20)12-6-1-2-7-13(12)18-15(19)21/h1-9H,(H,18,21). The van der Waals surface area contributed by atoms with Crippen molar-refractivity contribution < 1.29 is 0 Å². The molecule has 5 nitrogen and oxygen atoms in total. The van der Waals surface area contributed by atoms with Gasteiger partial charge in [0.2, 0.25) is 0 Å². The number of para-hydroxylation sites is 1. The maximum Gasteiger partial charge on any atom is 0.349 e. The number of nitrogens with one attached hydrogen (secondary N) is 1. The van der Waals surface area contributed by atoms with E-state index in [0.29, 0.717) is 10.9 Å². The molecule has 104 valence electrons. The molecule has 0 bridgehead atoms. The van der Waals surface area contributed by atoms with Gasteiger partial charge in [0.1, 0.15) is 0 Å². The van der Waals surface area contributed by atoms with E-state index in [1.54, 1.807) is 24.3 Å². The van der Waals surface area contributed by atoms with Crippen molar-refractivity contribution in [3.8, 4) is 0 Å². The molecular formula is C15H10BrN3O2. The van der Waals surface area contributed by atoms with E-state index in [-0.39, 0.29) is 0 Å². The fourth-order valence-corrected chi connectivity index (χ4v) is 2.39. The van der Waals surface area contributed by atoms with Gasteiger partial charge in [-0.15, -0.1) is 4.68 Å². The number of hydrogen-bond acceptors (Lipinski definition) is 3. The molecule has 0 aliphatic rings. The topological polar surface area (TPSA) is 67.2 Å². The minimum absolute atomic E-state index is 0.420. The summed E-state index contributed by atoms with van der Waals surface area (Å²) in [6.07, 6.45) is 1.47. The van der Waals surface area contributed by atoms with Gasteiger partial charge in [-0.3, -0.25) is 4.79 Å². The molecule has 1 N–H and O–H groups in total. The molecule has 3 aromatic rings. The number of benzene rings is 2.